The number of rotatable bonds is 5. The van der Waals surface area contributed by atoms with Crippen molar-refractivity contribution in [3.8, 4) is 0 Å². The fraction of sp³-hybridized carbons (Fsp3) is 0.700. The monoisotopic (exact) mass is 506 g/mol. The Balaban J connectivity index is 1.33. The van der Waals surface area contributed by atoms with Crippen LogP contribution < -0.4 is 10.9 Å². The molecule has 7 nitrogen and oxygen atoms in total. The third-order valence-corrected chi connectivity index (χ3v) is 9.90. The third-order valence-electron chi connectivity index (χ3n) is 9.90. The van der Waals surface area contributed by atoms with Gasteiger partial charge in [-0.25, -0.2) is 9.78 Å². The van der Waals surface area contributed by atoms with Crippen molar-refractivity contribution in [2.24, 2.45) is 0 Å². The van der Waals surface area contributed by atoms with Crippen LogP contribution in [0.15, 0.2) is 29.1 Å². The molecule has 0 radical (unpaired) electrons. The second-order valence-corrected chi connectivity index (χ2v) is 12.2. The Hall–Kier alpha value is -2.41. The topological polar surface area (TPSA) is 87.5 Å². The smallest absolute Gasteiger partial charge is 0.329 e. The highest BCUT2D eigenvalue weighted by atomic mass is 16.4. The number of nitrogens with zero attached hydrogens (tertiary/aromatic N) is 3. The molecule has 1 aromatic carbocycles. The molecule has 4 aliphatic rings. The summed E-state index contributed by atoms with van der Waals surface area (Å²) in [5.74, 6) is -0.670. The molecule has 2 aromatic rings. The minimum atomic E-state index is -1.11. The fourth-order valence-electron chi connectivity index (χ4n) is 8.10. The number of aliphatic carboxylic acids is 1. The maximum absolute atomic E-state index is 14.1. The SMILES string of the molecule is O=C(O)C1(Nc2nc3ccccc3n(C3C[C@H]4CC[C@@H](C3)N4C3CCCCCCC3)c2=O)CCCCC1. The Labute approximate surface area is 219 Å². The van der Waals surface area contributed by atoms with Gasteiger partial charge < -0.3 is 15.0 Å². The molecule has 1 aromatic heterocycles. The molecule has 2 aliphatic heterocycles. The van der Waals surface area contributed by atoms with Gasteiger partial charge in [0, 0.05) is 24.2 Å². The Kier molecular flexibility index (Phi) is 6.99. The number of hydrogen-bond acceptors (Lipinski definition) is 5. The summed E-state index contributed by atoms with van der Waals surface area (Å²) >= 11 is 0. The van der Waals surface area contributed by atoms with Gasteiger partial charge in [0.15, 0.2) is 5.82 Å². The molecule has 1 unspecified atom stereocenters. The van der Waals surface area contributed by atoms with E-state index in [0.29, 0.717) is 31.0 Å². The van der Waals surface area contributed by atoms with Crippen molar-refractivity contribution in [3.63, 3.8) is 0 Å². The molecule has 2 N–H and O–H groups in total. The molecular weight excluding hydrogens is 464 g/mol. The minimum absolute atomic E-state index is 0.121. The van der Waals surface area contributed by atoms with E-state index in [1.54, 1.807) is 0 Å². The zero-order valence-electron chi connectivity index (χ0n) is 22.0. The van der Waals surface area contributed by atoms with Crippen molar-refractivity contribution in [2.45, 2.75) is 132 Å². The van der Waals surface area contributed by atoms with E-state index >= 15 is 0 Å². The van der Waals surface area contributed by atoms with Crippen molar-refractivity contribution in [1.29, 1.82) is 0 Å². The first-order valence-corrected chi connectivity index (χ1v) is 14.9. The average Bonchev–Trinajstić information content (AvgIpc) is 3.13. The first-order valence-electron chi connectivity index (χ1n) is 14.9. The van der Waals surface area contributed by atoms with E-state index < -0.39 is 11.5 Å². The zero-order chi connectivity index (χ0) is 25.4. The van der Waals surface area contributed by atoms with Gasteiger partial charge in [-0.15, -0.1) is 0 Å². The van der Waals surface area contributed by atoms with Gasteiger partial charge in [-0.05, 0) is 63.5 Å². The highest BCUT2D eigenvalue weighted by Crippen LogP contribution is 2.44. The highest BCUT2D eigenvalue weighted by molar-refractivity contribution is 5.83. The summed E-state index contributed by atoms with van der Waals surface area (Å²) < 4.78 is 1.98. The third kappa shape index (κ3) is 4.68. The molecule has 2 saturated carbocycles. The van der Waals surface area contributed by atoms with Crippen LogP contribution in [0.5, 0.6) is 0 Å². The lowest BCUT2D eigenvalue weighted by atomic mass is 9.81. The van der Waals surface area contributed by atoms with Crippen LogP contribution in [-0.2, 0) is 4.79 Å². The number of nitrogens with one attached hydrogen (secondary N) is 1. The molecule has 2 saturated heterocycles. The molecule has 2 bridgehead atoms. The lowest BCUT2D eigenvalue weighted by Gasteiger charge is -2.45. The predicted molar refractivity (Wildman–Crippen MR) is 146 cm³/mol. The van der Waals surface area contributed by atoms with Crippen LogP contribution in [0, 0.1) is 0 Å². The van der Waals surface area contributed by atoms with Crippen molar-refractivity contribution in [2.75, 3.05) is 5.32 Å². The molecule has 3 heterocycles. The van der Waals surface area contributed by atoms with Crippen LogP contribution in [0.4, 0.5) is 5.82 Å². The number of para-hydroxylation sites is 2. The van der Waals surface area contributed by atoms with Crippen LogP contribution in [0.25, 0.3) is 11.0 Å². The van der Waals surface area contributed by atoms with Crippen LogP contribution in [0.1, 0.15) is 109 Å². The molecular formula is C30H42N4O3. The van der Waals surface area contributed by atoms with Crippen LogP contribution in [0.2, 0.25) is 0 Å². The van der Waals surface area contributed by atoms with Gasteiger partial charge >= 0.3 is 5.97 Å². The lowest BCUT2D eigenvalue weighted by molar-refractivity contribution is -0.143. The lowest BCUT2D eigenvalue weighted by Crippen LogP contribution is -2.51. The predicted octanol–water partition coefficient (Wildman–Crippen LogP) is 5.88. The van der Waals surface area contributed by atoms with E-state index in [1.807, 2.05) is 28.8 Å². The number of hydrogen-bond donors (Lipinski definition) is 2. The van der Waals surface area contributed by atoms with E-state index in [1.165, 1.54) is 57.8 Å². The number of carbonyl (C=O) groups is 1. The van der Waals surface area contributed by atoms with Gasteiger partial charge in [0.1, 0.15) is 5.54 Å². The summed E-state index contributed by atoms with van der Waals surface area (Å²) in [6, 6.07) is 9.76. The number of fused-ring (bicyclic) bond motifs is 3. The number of anilines is 1. The minimum Gasteiger partial charge on any atom is -0.480 e. The van der Waals surface area contributed by atoms with Gasteiger partial charge in [0.05, 0.1) is 11.0 Å². The van der Waals surface area contributed by atoms with Crippen LogP contribution in [0.3, 0.4) is 0 Å². The van der Waals surface area contributed by atoms with Crippen molar-refractivity contribution in [3.05, 3.63) is 34.6 Å². The van der Waals surface area contributed by atoms with Gasteiger partial charge in [0.25, 0.3) is 5.56 Å². The summed E-state index contributed by atoms with van der Waals surface area (Å²) in [7, 11) is 0. The standard InChI is InChI=1S/C30H42N4O3/c35-28-27(32-30(29(36)37)17-9-4-10-18-30)31-25-13-7-8-14-26(25)34(28)24-19-22-15-16-23(20-24)33(22)21-11-5-2-1-3-6-12-21/h7-8,13-14,21-24H,1-6,9-12,15-20H2,(H,31,32)(H,36,37)/t22-,23+,24?. The van der Waals surface area contributed by atoms with E-state index in [2.05, 4.69) is 10.2 Å². The Bertz CT molecular complexity index is 1170. The van der Waals surface area contributed by atoms with E-state index in [0.717, 1.165) is 43.1 Å². The van der Waals surface area contributed by atoms with Gasteiger partial charge in [-0.2, -0.15) is 0 Å². The fourth-order valence-corrected chi connectivity index (χ4v) is 8.10. The van der Waals surface area contributed by atoms with Gasteiger partial charge in [0.2, 0.25) is 0 Å². The average molecular weight is 507 g/mol. The Morgan fingerprint density at radius 2 is 1.46 bits per heavy atom. The molecule has 7 heteroatoms. The van der Waals surface area contributed by atoms with E-state index in [9.17, 15) is 14.7 Å². The summed E-state index contributed by atoms with van der Waals surface area (Å²) in [6.07, 6.45) is 17.7. The molecule has 0 spiro atoms. The number of carboxylic acids is 1. The van der Waals surface area contributed by atoms with Crippen molar-refractivity contribution < 1.29 is 9.90 Å². The van der Waals surface area contributed by atoms with E-state index in [-0.39, 0.29) is 17.4 Å². The second-order valence-electron chi connectivity index (χ2n) is 12.2. The molecule has 6 rings (SSSR count). The molecule has 0 amide bonds. The number of piperidine rings is 1. The summed E-state index contributed by atoms with van der Waals surface area (Å²) in [6.45, 7) is 0. The summed E-state index contributed by atoms with van der Waals surface area (Å²) in [5, 5.41) is 13.3. The molecule has 2 aliphatic carbocycles. The van der Waals surface area contributed by atoms with Crippen molar-refractivity contribution >= 4 is 22.8 Å². The summed E-state index contributed by atoms with van der Waals surface area (Å²) in [4.78, 5) is 34.0. The Morgan fingerprint density at radius 3 is 2.14 bits per heavy atom. The quantitative estimate of drug-likeness (QED) is 0.527. The van der Waals surface area contributed by atoms with Crippen molar-refractivity contribution in [1.82, 2.24) is 14.5 Å². The second kappa shape index (κ2) is 10.4. The number of aromatic nitrogens is 2. The largest absolute Gasteiger partial charge is 0.480 e. The Morgan fingerprint density at radius 1 is 0.838 bits per heavy atom. The number of carboxylic acid groups (broad SMARTS) is 1. The number of benzene rings is 1. The first kappa shape index (κ1) is 24.9. The van der Waals surface area contributed by atoms with Gasteiger partial charge in [-0.3, -0.25) is 9.69 Å². The van der Waals surface area contributed by atoms with Gasteiger partial charge in [-0.1, -0.05) is 63.5 Å². The van der Waals surface area contributed by atoms with Crippen LogP contribution >= 0.6 is 0 Å². The maximum Gasteiger partial charge on any atom is 0.329 e. The van der Waals surface area contributed by atoms with E-state index in [4.69, 9.17) is 4.98 Å². The molecule has 37 heavy (non-hydrogen) atoms. The maximum atomic E-state index is 14.1. The first-order chi connectivity index (χ1) is 18.1. The van der Waals surface area contributed by atoms with Crippen LogP contribution in [-0.4, -0.2) is 49.2 Å². The molecule has 3 atom stereocenters. The summed E-state index contributed by atoms with van der Waals surface area (Å²) in [5.41, 5.74) is 0.366. The molecule has 4 fully saturated rings. The normalized spacial score (nSPS) is 29.0. The zero-order valence-corrected chi connectivity index (χ0v) is 22.0. The highest BCUT2D eigenvalue weighted by Gasteiger charge is 2.45. The molecule has 200 valence electrons.